The zero-order valence-corrected chi connectivity index (χ0v) is 16.3. The normalized spacial score (nSPS) is 16.1. The van der Waals surface area contributed by atoms with Crippen LogP contribution in [0.4, 0.5) is 5.69 Å². The monoisotopic (exact) mass is 390 g/mol. The quantitative estimate of drug-likeness (QED) is 0.820. The molecule has 0 spiro atoms. The first-order valence-electron chi connectivity index (χ1n) is 8.54. The molecule has 2 heterocycles. The van der Waals surface area contributed by atoms with Crippen molar-refractivity contribution in [2.45, 2.75) is 18.9 Å². The van der Waals surface area contributed by atoms with Crippen molar-refractivity contribution in [2.75, 3.05) is 33.2 Å². The van der Waals surface area contributed by atoms with Crippen molar-refractivity contribution in [3.05, 3.63) is 34.5 Å². The summed E-state index contributed by atoms with van der Waals surface area (Å²) in [4.78, 5) is 27.8. The fourth-order valence-electron chi connectivity index (χ4n) is 3.20. The number of benzene rings is 1. The molecule has 1 atom stereocenters. The Kier molecular flexibility index (Phi) is 5.85. The third kappa shape index (κ3) is 3.85. The van der Waals surface area contributed by atoms with E-state index >= 15 is 0 Å². The van der Waals surface area contributed by atoms with Gasteiger partial charge in [0.15, 0.2) is 11.5 Å². The van der Waals surface area contributed by atoms with Crippen LogP contribution in [0.3, 0.4) is 0 Å². The van der Waals surface area contributed by atoms with E-state index in [1.54, 1.807) is 23.1 Å². The Morgan fingerprint density at radius 2 is 1.85 bits per heavy atom. The van der Waals surface area contributed by atoms with E-state index in [0.717, 1.165) is 6.42 Å². The minimum atomic E-state index is -0.501. The Morgan fingerprint density at radius 3 is 2.41 bits per heavy atom. The molecular formula is C19H22N2O5S. The summed E-state index contributed by atoms with van der Waals surface area (Å²) in [6, 6.07) is 6.44. The molecule has 1 N–H and O–H groups in total. The van der Waals surface area contributed by atoms with Gasteiger partial charge in [-0.3, -0.25) is 9.59 Å². The van der Waals surface area contributed by atoms with Crippen molar-refractivity contribution in [2.24, 2.45) is 0 Å². The Morgan fingerprint density at radius 1 is 1.15 bits per heavy atom. The number of rotatable bonds is 6. The van der Waals surface area contributed by atoms with Crippen molar-refractivity contribution in [1.82, 2.24) is 4.90 Å². The number of anilines is 1. The lowest BCUT2D eigenvalue weighted by molar-refractivity contribution is -0.119. The average molecular weight is 390 g/mol. The molecule has 1 aromatic heterocycles. The van der Waals surface area contributed by atoms with Crippen LogP contribution in [0.5, 0.6) is 17.2 Å². The van der Waals surface area contributed by atoms with Gasteiger partial charge in [-0.05, 0) is 24.3 Å². The molecule has 2 aromatic rings. The number of nitrogens with zero attached hydrogens (tertiary/aromatic N) is 1. The van der Waals surface area contributed by atoms with Crippen molar-refractivity contribution in [3.8, 4) is 17.2 Å². The van der Waals surface area contributed by atoms with Crippen LogP contribution in [-0.4, -0.2) is 50.6 Å². The molecule has 1 saturated heterocycles. The largest absolute Gasteiger partial charge is 0.493 e. The van der Waals surface area contributed by atoms with Crippen LogP contribution in [0, 0.1) is 0 Å². The standard InChI is InChI=1S/C19H22N2O5S/c1-24-14-10-12(11-15(25-2)17(14)26-3)20-18(22)13-6-4-8-21(13)19(23)16-7-5-9-27-16/h5,7,9-11,13H,4,6,8H2,1-3H3,(H,20,22)/t13-/m0/s1. The topological polar surface area (TPSA) is 77.1 Å². The Bertz CT molecular complexity index is 797. The maximum Gasteiger partial charge on any atom is 0.264 e. The Hall–Kier alpha value is -2.74. The molecule has 1 aliphatic rings. The van der Waals surface area contributed by atoms with Crippen LogP contribution in [0.1, 0.15) is 22.5 Å². The van der Waals surface area contributed by atoms with Crippen LogP contribution in [0.2, 0.25) is 0 Å². The van der Waals surface area contributed by atoms with Gasteiger partial charge in [-0.25, -0.2) is 0 Å². The van der Waals surface area contributed by atoms with Crippen LogP contribution >= 0.6 is 11.3 Å². The first-order chi connectivity index (χ1) is 13.1. The first-order valence-corrected chi connectivity index (χ1v) is 9.42. The Balaban J connectivity index is 1.79. The second-order valence-electron chi connectivity index (χ2n) is 6.04. The molecule has 144 valence electrons. The molecule has 27 heavy (non-hydrogen) atoms. The molecule has 0 bridgehead atoms. The molecule has 2 amide bonds. The molecule has 1 aliphatic heterocycles. The van der Waals surface area contributed by atoms with Gasteiger partial charge in [-0.2, -0.15) is 0 Å². The fraction of sp³-hybridized carbons (Fsp3) is 0.368. The van der Waals surface area contributed by atoms with Crippen LogP contribution in [-0.2, 0) is 4.79 Å². The number of thiophene rings is 1. The minimum absolute atomic E-state index is 0.104. The zero-order valence-electron chi connectivity index (χ0n) is 15.5. The molecule has 1 fully saturated rings. The van der Waals surface area contributed by atoms with Gasteiger partial charge in [0.05, 0.1) is 26.2 Å². The SMILES string of the molecule is COc1cc(NC(=O)[C@@H]2CCCN2C(=O)c2cccs2)cc(OC)c1OC. The molecule has 8 heteroatoms. The predicted octanol–water partition coefficient (Wildman–Crippen LogP) is 3.02. The highest BCUT2D eigenvalue weighted by Crippen LogP contribution is 2.40. The summed E-state index contributed by atoms with van der Waals surface area (Å²) in [6.07, 6.45) is 1.43. The summed E-state index contributed by atoms with van der Waals surface area (Å²) in [5, 5.41) is 4.73. The number of carbonyl (C=O) groups is 2. The number of nitrogens with one attached hydrogen (secondary N) is 1. The third-order valence-electron chi connectivity index (χ3n) is 4.48. The van der Waals surface area contributed by atoms with E-state index in [2.05, 4.69) is 5.32 Å². The maximum atomic E-state index is 12.8. The number of hydrogen-bond acceptors (Lipinski definition) is 6. The molecule has 0 unspecified atom stereocenters. The molecule has 7 nitrogen and oxygen atoms in total. The van der Waals surface area contributed by atoms with E-state index in [1.807, 2.05) is 11.4 Å². The minimum Gasteiger partial charge on any atom is -0.493 e. The van der Waals surface area contributed by atoms with E-state index in [-0.39, 0.29) is 11.8 Å². The van der Waals surface area contributed by atoms with E-state index in [1.165, 1.54) is 32.7 Å². The van der Waals surface area contributed by atoms with Gasteiger partial charge in [0.25, 0.3) is 5.91 Å². The summed E-state index contributed by atoms with van der Waals surface area (Å²) in [6.45, 7) is 0.573. The summed E-state index contributed by atoms with van der Waals surface area (Å²) in [5.41, 5.74) is 0.518. The van der Waals surface area contributed by atoms with Gasteiger partial charge in [0.2, 0.25) is 11.7 Å². The van der Waals surface area contributed by atoms with Gasteiger partial charge in [-0.15, -0.1) is 11.3 Å². The van der Waals surface area contributed by atoms with E-state index < -0.39 is 6.04 Å². The Labute approximate surface area is 161 Å². The molecule has 1 aromatic carbocycles. The average Bonchev–Trinajstić information content (AvgIpc) is 3.38. The molecule has 0 saturated carbocycles. The molecule has 0 aliphatic carbocycles. The predicted molar refractivity (Wildman–Crippen MR) is 103 cm³/mol. The highest BCUT2D eigenvalue weighted by molar-refractivity contribution is 7.12. The van der Waals surface area contributed by atoms with Crippen LogP contribution in [0.25, 0.3) is 0 Å². The number of methoxy groups -OCH3 is 3. The lowest BCUT2D eigenvalue weighted by Gasteiger charge is -2.23. The summed E-state index contributed by atoms with van der Waals surface area (Å²) in [7, 11) is 4.55. The van der Waals surface area contributed by atoms with E-state index in [4.69, 9.17) is 14.2 Å². The summed E-state index contributed by atoms with van der Waals surface area (Å²) in [5.74, 6) is 1.02. The second-order valence-corrected chi connectivity index (χ2v) is 6.98. The number of carbonyl (C=O) groups excluding carboxylic acids is 2. The number of likely N-dealkylation sites (tertiary alicyclic amines) is 1. The first kappa shape index (κ1) is 19.0. The lowest BCUT2D eigenvalue weighted by atomic mass is 10.2. The fourth-order valence-corrected chi connectivity index (χ4v) is 3.88. The summed E-state index contributed by atoms with van der Waals surface area (Å²) >= 11 is 1.38. The summed E-state index contributed by atoms with van der Waals surface area (Å²) < 4.78 is 15.9. The van der Waals surface area contributed by atoms with E-state index in [9.17, 15) is 9.59 Å². The van der Waals surface area contributed by atoms with Crippen molar-refractivity contribution >= 4 is 28.8 Å². The van der Waals surface area contributed by atoms with Gasteiger partial charge in [-0.1, -0.05) is 6.07 Å². The smallest absolute Gasteiger partial charge is 0.264 e. The molecular weight excluding hydrogens is 368 g/mol. The second kappa shape index (κ2) is 8.30. The van der Waals surface area contributed by atoms with Crippen molar-refractivity contribution in [1.29, 1.82) is 0 Å². The van der Waals surface area contributed by atoms with Crippen molar-refractivity contribution in [3.63, 3.8) is 0 Å². The van der Waals surface area contributed by atoms with Crippen LogP contribution in [0.15, 0.2) is 29.6 Å². The van der Waals surface area contributed by atoms with Crippen molar-refractivity contribution < 1.29 is 23.8 Å². The number of amides is 2. The number of ether oxygens (including phenoxy) is 3. The van der Waals surface area contributed by atoms with Gasteiger partial charge in [0, 0.05) is 24.4 Å². The van der Waals surface area contributed by atoms with E-state index in [0.29, 0.717) is 40.8 Å². The number of hydrogen-bond donors (Lipinski definition) is 1. The highest BCUT2D eigenvalue weighted by atomic mass is 32.1. The van der Waals surface area contributed by atoms with Gasteiger partial charge in [0.1, 0.15) is 6.04 Å². The molecule has 0 radical (unpaired) electrons. The highest BCUT2D eigenvalue weighted by Gasteiger charge is 2.35. The third-order valence-corrected chi connectivity index (χ3v) is 5.34. The van der Waals surface area contributed by atoms with Gasteiger partial charge < -0.3 is 24.4 Å². The lowest BCUT2D eigenvalue weighted by Crippen LogP contribution is -2.42. The maximum absolute atomic E-state index is 12.8. The van der Waals surface area contributed by atoms with Crippen LogP contribution < -0.4 is 19.5 Å². The zero-order chi connectivity index (χ0) is 19.4. The molecule has 3 rings (SSSR count). The van der Waals surface area contributed by atoms with Gasteiger partial charge >= 0.3 is 0 Å².